The predicted octanol–water partition coefficient (Wildman–Crippen LogP) is 2.91. The van der Waals surface area contributed by atoms with Gasteiger partial charge < -0.3 is 16.0 Å². The van der Waals surface area contributed by atoms with E-state index < -0.39 is 0 Å². The van der Waals surface area contributed by atoms with Crippen molar-refractivity contribution in [2.24, 2.45) is 0 Å². The average Bonchev–Trinajstić information content (AvgIpc) is 2.58. The molecule has 0 spiro atoms. The molecule has 23 heavy (non-hydrogen) atoms. The maximum Gasteiger partial charge on any atom is 0.216 e. The number of carbonyl (C=O) groups is 1. The van der Waals surface area contributed by atoms with Gasteiger partial charge >= 0.3 is 0 Å². The van der Waals surface area contributed by atoms with Crippen LogP contribution in [-0.2, 0) is 17.9 Å². The molecule has 122 valence electrons. The summed E-state index contributed by atoms with van der Waals surface area (Å²) in [6.07, 6.45) is 0.941. The molecule has 2 rings (SSSR count). The predicted molar refractivity (Wildman–Crippen MR) is 95.2 cm³/mol. The van der Waals surface area contributed by atoms with Crippen molar-refractivity contribution in [3.63, 3.8) is 0 Å². The zero-order valence-electron chi connectivity index (χ0n) is 13.6. The van der Waals surface area contributed by atoms with E-state index in [9.17, 15) is 4.79 Å². The normalized spacial score (nSPS) is 10.3. The van der Waals surface area contributed by atoms with Crippen LogP contribution >= 0.6 is 0 Å². The zero-order chi connectivity index (χ0) is 16.3. The monoisotopic (exact) mass is 311 g/mol. The first-order valence-electron chi connectivity index (χ1n) is 8.06. The zero-order valence-corrected chi connectivity index (χ0v) is 13.6. The molecule has 0 bridgehead atoms. The minimum atomic E-state index is 0.0311. The highest BCUT2D eigenvalue weighted by Crippen LogP contribution is 2.11. The van der Waals surface area contributed by atoms with Gasteiger partial charge in [-0.1, -0.05) is 42.5 Å². The summed E-state index contributed by atoms with van der Waals surface area (Å²) < 4.78 is 0. The molecule has 1 amide bonds. The van der Waals surface area contributed by atoms with Crippen LogP contribution in [0.3, 0.4) is 0 Å². The number of nitrogens with one attached hydrogen (secondary N) is 3. The van der Waals surface area contributed by atoms with Crippen molar-refractivity contribution in [2.75, 3.05) is 18.4 Å². The Morgan fingerprint density at radius 2 is 1.57 bits per heavy atom. The van der Waals surface area contributed by atoms with Gasteiger partial charge in [0.1, 0.15) is 0 Å². The third kappa shape index (κ3) is 6.98. The van der Waals surface area contributed by atoms with Crippen LogP contribution in [0.25, 0.3) is 0 Å². The lowest BCUT2D eigenvalue weighted by atomic mass is 10.2. The van der Waals surface area contributed by atoms with E-state index in [4.69, 9.17) is 0 Å². The van der Waals surface area contributed by atoms with Crippen LogP contribution < -0.4 is 16.0 Å². The molecular weight excluding hydrogens is 286 g/mol. The van der Waals surface area contributed by atoms with Crippen molar-refractivity contribution < 1.29 is 4.79 Å². The molecule has 4 nitrogen and oxygen atoms in total. The molecule has 4 heteroatoms. The third-order valence-corrected chi connectivity index (χ3v) is 3.53. The van der Waals surface area contributed by atoms with Crippen LogP contribution in [0.5, 0.6) is 0 Å². The van der Waals surface area contributed by atoms with Gasteiger partial charge in [0.25, 0.3) is 0 Å². The number of rotatable bonds is 9. The molecule has 0 radical (unpaired) electrons. The van der Waals surface area contributed by atoms with Gasteiger partial charge in [-0.05, 0) is 36.2 Å². The first-order valence-corrected chi connectivity index (χ1v) is 8.06. The molecule has 0 aromatic heterocycles. The molecule has 0 fully saturated rings. The number of carbonyl (C=O) groups excluding carboxylic acids is 1. The molecule has 0 aliphatic carbocycles. The Balaban J connectivity index is 1.65. The van der Waals surface area contributed by atoms with Gasteiger partial charge in [0.15, 0.2) is 0 Å². The summed E-state index contributed by atoms with van der Waals surface area (Å²) in [6.45, 7) is 4.85. The summed E-state index contributed by atoms with van der Waals surface area (Å²) in [4.78, 5) is 10.7. The Labute approximate surface area is 138 Å². The Kier molecular flexibility index (Phi) is 7.14. The van der Waals surface area contributed by atoms with E-state index in [-0.39, 0.29) is 5.91 Å². The van der Waals surface area contributed by atoms with Crippen LogP contribution in [0.2, 0.25) is 0 Å². The van der Waals surface area contributed by atoms with E-state index in [2.05, 4.69) is 64.5 Å². The lowest BCUT2D eigenvalue weighted by Crippen LogP contribution is -2.24. The summed E-state index contributed by atoms with van der Waals surface area (Å²) in [6, 6.07) is 18.9. The van der Waals surface area contributed by atoms with Crippen LogP contribution in [-0.4, -0.2) is 19.0 Å². The lowest BCUT2D eigenvalue weighted by Gasteiger charge is -2.09. The van der Waals surface area contributed by atoms with Crippen LogP contribution in [0, 0.1) is 0 Å². The van der Waals surface area contributed by atoms with E-state index in [0.717, 1.165) is 38.3 Å². The minimum absolute atomic E-state index is 0.0311. The fourth-order valence-electron chi connectivity index (χ4n) is 2.25. The maximum atomic E-state index is 10.7. The van der Waals surface area contributed by atoms with Crippen LogP contribution in [0.4, 0.5) is 5.69 Å². The maximum absolute atomic E-state index is 10.7. The van der Waals surface area contributed by atoms with Crippen molar-refractivity contribution in [3.8, 4) is 0 Å². The second-order valence-corrected chi connectivity index (χ2v) is 5.55. The van der Waals surface area contributed by atoms with Gasteiger partial charge in [-0.2, -0.15) is 0 Å². The van der Waals surface area contributed by atoms with Gasteiger partial charge in [-0.3, -0.25) is 4.79 Å². The highest BCUT2D eigenvalue weighted by Gasteiger charge is 1.96. The van der Waals surface area contributed by atoms with Gasteiger partial charge in [0, 0.05) is 32.2 Å². The average molecular weight is 311 g/mol. The molecule has 0 aliphatic heterocycles. The number of amides is 1. The van der Waals surface area contributed by atoms with E-state index in [1.54, 1.807) is 6.92 Å². The first-order chi connectivity index (χ1) is 11.2. The molecule has 0 aliphatic rings. The number of hydrogen-bond acceptors (Lipinski definition) is 3. The summed E-state index contributed by atoms with van der Waals surface area (Å²) in [5.74, 6) is 0.0311. The molecule has 0 unspecified atom stereocenters. The molecule has 3 N–H and O–H groups in total. The fourth-order valence-corrected chi connectivity index (χ4v) is 2.25. The van der Waals surface area contributed by atoms with Crippen molar-refractivity contribution in [3.05, 3.63) is 65.7 Å². The van der Waals surface area contributed by atoms with Gasteiger partial charge in [0.05, 0.1) is 0 Å². The number of benzene rings is 2. The van der Waals surface area contributed by atoms with Crippen molar-refractivity contribution >= 4 is 11.6 Å². The van der Waals surface area contributed by atoms with Gasteiger partial charge in [-0.25, -0.2) is 0 Å². The Bertz CT molecular complexity index is 581. The second-order valence-electron chi connectivity index (χ2n) is 5.55. The lowest BCUT2D eigenvalue weighted by molar-refractivity contribution is -0.118. The molecule has 0 heterocycles. The summed E-state index contributed by atoms with van der Waals surface area (Å²) in [5, 5.41) is 9.60. The van der Waals surface area contributed by atoms with Crippen LogP contribution in [0.1, 0.15) is 24.5 Å². The standard InChI is InChI=1S/C19H25N3O/c1-16(23)21-13-5-12-20-14-18-8-10-19(11-9-18)22-15-17-6-3-2-4-7-17/h2-4,6-11,20,22H,5,12-15H2,1H3,(H,21,23). The smallest absolute Gasteiger partial charge is 0.216 e. The minimum Gasteiger partial charge on any atom is -0.381 e. The Hall–Kier alpha value is -2.33. The second kappa shape index (κ2) is 9.64. The Morgan fingerprint density at radius 3 is 2.26 bits per heavy atom. The molecular formula is C19H25N3O. The summed E-state index contributed by atoms with van der Waals surface area (Å²) >= 11 is 0. The highest BCUT2D eigenvalue weighted by atomic mass is 16.1. The van der Waals surface area contributed by atoms with E-state index >= 15 is 0 Å². The largest absolute Gasteiger partial charge is 0.381 e. The van der Waals surface area contributed by atoms with E-state index in [1.807, 2.05) is 6.07 Å². The molecule has 0 atom stereocenters. The van der Waals surface area contributed by atoms with Gasteiger partial charge in [0.2, 0.25) is 5.91 Å². The van der Waals surface area contributed by atoms with Crippen molar-refractivity contribution in [1.29, 1.82) is 0 Å². The molecule has 2 aromatic rings. The van der Waals surface area contributed by atoms with E-state index in [0.29, 0.717) is 0 Å². The summed E-state index contributed by atoms with van der Waals surface area (Å²) in [5.41, 5.74) is 3.66. The van der Waals surface area contributed by atoms with Crippen molar-refractivity contribution in [1.82, 2.24) is 10.6 Å². The number of hydrogen-bond donors (Lipinski definition) is 3. The number of anilines is 1. The van der Waals surface area contributed by atoms with Gasteiger partial charge in [-0.15, -0.1) is 0 Å². The Morgan fingerprint density at radius 1 is 0.870 bits per heavy atom. The topological polar surface area (TPSA) is 53.2 Å². The first kappa shape index (κ1) is 17.0. The van der Waals surface area contributed by atoms with Crippen molar-refractivity contribution in [2.45, 2.75) is 26.4 Å². The highest BCUT2D eigenvalue weighted by molar-refractivity contribution is 5.72. The molecule has 2 aromatic carbocycles. The quantitative estimate of drug-likeness (QED) is 0.624. The fraction of sp³-hybridized carbons (Fsp3) is 0.316. The summed E-state index contributed by atoms with van der Waals surface area (Å²) in [7, 11) is 0. The molecule has 0 saturated carbocycles. The van der Waals surface area contributed by atoms with E-state index in [1.165, 1.54) is 11.1 Å². The van der Waals surface area contributed by atoms with Crippen LogP contribution in [0.15, 0.2) is 54.6 Å². The SMILES string of the molecule is CC(=O)NCCCNCc1ccc(NCc2ccccc2)cc1. The third-order valence-electron chi connectivity index (χ3n) is 3.53. The molecule has 0 saturated heterocycles.